The molecule has 1 saturated carbocycles. The Kier molecular flexibility index (Phi) is 4.22. The predicted octanol–water partition coefficient (Wildman–Crippen LogP) is 0.254. The van der Waals surface area contributed by atoms with Gasteiger partial charge in [0.15, 0.2) is 0 Å². The Morgan fingerprint density at radius 3 is 2.44 bits per heavy atom. The van der Waals surface area contributed by atoms with Crippen molar-refractivity contribution in [3.8, 4) is 0 Å². The van der Waals surface area contributed by atoms with Crippen LogP contribution in [0.15, 0.2) is 0 Å². The third-order valence-electron chi connectivity index (χ3n) is 4.29. The molecule has 2 fully saturated rings. The molecule has 1 saturated heterocycles. The first kappa shape index (κ1) is 13.3. The molecule has 102 valence electrons. The summed E-state index contributed by atoms with van der Waals surface area (Å²) in [6.07, 6.45) is 5.47. The van der Waals surface area contributed by atoms with Crippen LogP contribution in [0.3, 0.4) is 0 Å². The summed E-state index contributed by atoms with van der Waals surface area (Å²) in [6.45, 7) is 0. The van der Waals surface area contributed by atoms with Crippen molar-refractivity contribution < 1.29 is 9.59 Å². The van der Waals surface area contributed by atoms with Crippen LogP contribution in [0.1, 0.15) is 38.5 Å². The summed E-state index contributed by atoms with van der Waals surface area (Å²) >= 11 is 0. The zero-order chi connectivity index (χ0) is 13.1. The van der Waals surface area contributed by atoms with E-state index in [1.165, 1.54) is 0 Å². The van der Waals surface area contributed by atoms with E-state index >= 15 is 0 Å². The number of carbonyl (C=O) groups is 2. The monoisotopic (exact) mass is 253 g/mol. The molecule has 0 unspecified atom stereocenters. The van der Waals surface area contributed by atoms with Crippen LogP contribution < -0.4 is 10.6 Å². The highest BCUT2D eigenvalue weighted by atomic mass is 16.2. The highest BCUT2D eigenvalue weighted by Crippen LogP contribution is 2.23. The Bertz CT molecular complexity index is 324. The number of hydrogen-bond acceptors (Lipinski definition) is 3. The van der Waals surface area contributed by atoms with E-state index in [2.05, 4.69) is 10.6 Å². The van der Waals surface area contributed by atoms with Crippen LogP contribution in [-0.4, -0.2) is 48.9 Å². The number of nitrogens with one attached hydrogen (secondary N) is 2. The van der Waals surface area contributed by atoms with Gasteiger partial charge in [0.2, 0.25) is 11.8 Å². The van der Waals surface area contributed by atoms with E-state index < -0.39 is 0 Å². The molecule has 2 N–H and O–H groups in total. The lowest BCUT2D eigenvalue weighted by Crippen LogP contribution is -2.49. The fourth-order valence-corrected chi connectivity index (χ4v) is 2.98. The standard InChI is InChI=1S/C13H23N3O2/c1-14-9-3-5-10(6-4-9)16(2)13(18)11-7-8-12(17)15-11/h9-11,14H,3-8H2,1-2H3,(H,15,17)/t9?,10?,11-/m1/s1. The van der Waals surface area contributed by atoms with Gasteiger partial charge in [-0.15, -0.1) is 0 Å². The highest BCUT2D eigenvalue weighted by Gasteiger charge is 2.33. The molecular weight excluding hydrogens is 230 g/mol. The Balaban J connectivity index is 1.85. The van der Waals surface area contributed by atoms with Crippen molar-refractivity contribution in [2.24, 2.45) is 0 Å². The first-order valence-corrected chi connectivity index (χ1v) is 6.85. The van der Waals surface area contributed by atoms with Crippen LogP contribution in [-0.2, 0) is 9.59 Å². The quantitative estimate of drug-likeness (QED) is 0.758. The van der Waals surface area contributed by atoms with E-state index in [9.17, 15) is 9.59 Å². The fourth-order valence-electron chi connectivity index (χ4n) is 2.98. The predicted molar refractivity (Wildman–Crippen MR) is 69.0 cm³/mol. The summed E-state index contributed by atoms with van der Waals surface area (Å²) in [5, 5.41) is 6.04. The van der Waals surface area contributed by atoms with Crippen LogP contribution in [0.4, 0.5) is 0 Å². The van der Waals surface area contributed by atoms with Gasteiger partial charge >= 0.3 is 0 Å². The van der Waals surface area contributed by atoms with Gasteiger partial charge in [0.25, 0.3) is 0 Å². The molecule has 0 aromatic rings. The second kappa shape index (κ2) is 5.69. The van der Waals surface area contributed by atoms with Gasteiger partial charge in [-0.05, 0) is 39.2 Å². The molecule has 1 heterocycles. The first-order chi connectivity index (χ1) is 8.61. The first-order valence-electron chi connectivity index (χ1n) is 6.85. The number of nitrogens with zero attached hydrogens (tertiary/aromatic N) is 1. The van der Waals surface area contributed by atoms with E-state index in [1.807, 2.05) is 19.0 Å². The third kappa shape index (κ3) is 2.83. The number of hydrogen-bond donors (Lipinski definition) is 2. The molecule has 5 heteroatoms. The molecule has 1 atom stereocenters. The normalized spacial score (nSPS) is 32.1. The zero-order valence-electron chi connectivity index (χ0n) is 11.2. The van der Waals surface area contributed by atoms with Gasteiger partial charge < -0.3 is 15.5 Å². The maximum absolute atomic E-state index is 12.2. The summed E-state index contributed by atoms with van der Waals surface area (Å²) in [5.74, 6) is 0.0781. The summed E-state index contributed by atoms with van der Waals surface area (Å²) in [6, 6.07) is 0.639. The Hall–Kier alpha value is -1.10. The Morgan fingerprint density at radius 2 is 1.94 bits per heavy atom. The summed E-state index contributed by atoms with van der Waals surface area (Å²) in [7, 11) is 3.87. The lowest BCUT2D eigenvalue weighted by molar-refractivity contribution is -0.135. The van der Waals surface area contributed by atoms with Gasteiger partial charge in [0.05, 0.1) is 0 Å². The molecule has 0 aromatic heterocycles. The largest absolute Gasteiger partial charge is 0.344 e. The number of carbonyl (C=O) groups excluding carboxylic acids is 2. The van der Waals surface area contributed by atoms with Crippen molar-refractivity contribution in [3.63, 3.8) is 0 Å². The summed E-state index contributed by atoms with van der Waals surface area (Å²) in [4.78, 5) is 25.2. The average Bonchev–Trinajstić information content (AvgIpc) is 2.84. The van der Waals surface area contributed by atoms with Crippen LogP contribution >= 0.6 is 0 Å². The summed E-state index contributed by atoms with van der Waals surface area (Å²) in [5.41, 5.74) is 0. The molecule has 0 spiro atoms. The molecule has 1 aliphatic carbocycles. The van der Waals surface area contributed by atoms with E-state index in [0.29, 0.717) is 24.9 Å². The Labute approximate surface area is 108 Å². The number of rotatable bonds is 3. The van der Waals surface area contributed by atoms with Gasteiger partial charge in [-0.3, -0.25) is 9.59 Å². The lowest BCUT2D eigenvalue weighted by atomic mass is 9.90. The minimum atomic E-state index is -0.287. The number of amides is 2. The van der Waals surface area contributed by atoms with Crippen molar-refractivity contribution in [1.82, 2.24) is 15.5 Å². The topological polar surface area (TPSA) is 61.4 Å². The minimum Gasteiger partial charge on any atom is -0.344 e. The molecule has 5 nitrogen and oxygen atoms in total. The van der Waals surface area contributed by atoms with Gasteiger partial charge in [0, 0.05) is 25.6 Å². The minimum absolute atomic E-state index is 0.000594. The Morgan fingerprint density at radius 1 is 1.28 bits per heavy atom. The van der Waals surface area contributed by atoms with Gasteiger partial charge in [-0.25, -0.2) is 0 Å². The molecule has 2 amide bonds. The highest BCUT2D eigenvalue weighted by molar-refractivity contribution is 5.90. The van der Waals surface area contributed by atoms with E-state index in [-0.39, 0.29) is 17.9 Å². The molecule has 2 rings (SSSR count). The van der Waals surface area contributed by atoms with E-state index in [0.717, 1.165) is 25.7 Å². The second-order valence-electron chi connectivity index (χ2n) is 5.40. The van der Waals surface area contributed by atoms with Gasteiger partial charge in [-0.2, -0.15) is 0 Å². The smallest absolute Gasteiger partial charge is 0.245 e. The van der Waals surface area contributed by atoms with Crippen molar-refractivity contribution in [2.75, 3.05) is 14.1 Å². The molecule has 2 aliphatic rings. The molecule has 18 heavy (non-hydrogen) atoms. The van der Waals surface area contributed by atoms with Crippen molar-refractivity contribution in [1.29, 1.82) is 0 Å². The van der Waals surface area contributed by atoms with Crippen LogP contribution in [0.5, 0.6) is 0 Å². The van der Waals surface area contributed by atoms with Gasteiger partial charge in [-0.1, -0.05) is 0 Å². The van der Waals surface area contributed by atoms with Crippen LogP contribution in [0.2, 0.25) is 0 Å². The van der Waals surface area contributed by atoms with Gasteiger partial charge in [0.1, 0.15) is 6.04 Å². The SMILES string of the molecule is CNC1CCC(N(C)C(=O)[C@H]2CCC(=O)N2)CC1. The summed E-state index contributed by atoms with van der Waals surface area (Å²) < 4.78 is 0. The van der Waals surface area contributed by atoms with Crippen molar-refractivity contribution in [3.05, 3.63) is 0 Å². The zero-order valence-corrected chi connectivity index (χ0v) is 11.2. The molecule has 0 bridgehead atoms. The van der Waals surface area contributed by atoms with Crippen LogP contribution in [0.25, 0.3) is 0 Å². The number of likely N-dealkylation sites (N-methyl/N-ethyl adjacent to an activating group) is 1. The molecular formula is C13H23N3O2. The maximum Gasteiger partial charge on any atom is 0.245 e. The molecule has 0 radical (unpaired) electrons. The van der Waals surface area contributed by atoms with E-state index in [4.69, 9.17) is 0 Å². The van der Waals surface area contributed by atoms with E-state index in [1.54, 1.807) is 0 Å². The molecule has 1 aliphatic heterocycles. The average molecular weight is 253 g/mol. The maximum atomic E-state index is 12.2. The fraction of sp³-hybridized carbons (Fsp3) is 0.846. The van der Waals surface area contributed by atoms with Crippen molar-refractivity contribution in [2.45, 2.75) is 56.7 Å². The lowest BCUT2D eigenvalue weighted by Gasteiger charge is -2.35. The third-order valence-corrected chi connectivity index (χ3v) is 4.29. The van der Waals surface area contributed by atoms with Crippen molar-refractivity contribution >= 4 is 11.8 Å². The molecule has 0 aromatic carbocycles. The van der Waals surface area contributed by atoms with Crippen LogP contribution in [0, 0.1) is 0 Å². The second-order valence-corrected chi connectivity index (χ2v) is 5.40.